The molecule has 18 heavy (non-hydrogen) atoms. The summed E-state index contributed by atoms with van der Waals surface area (Å²) in [5, 5.41) is 14.9. The Morgan fingerprint density at radius 2 is 1.94 bits per heavy atom. The largest absolute Gasteiger partial charge is 0.503 e. The van der Waals surface area contributed by atoms with Gasteiger partial charge < -0.3 is 10.4 Å². The van der Waals surface area contributed by atoms with E-state index in [0.29, 0.717) is 18.7 Å². The second-order valence-electron chi connectivity index (χ2n) is 3.89. The van der Waals surface area contributed by atoms with Gasteiger partial charge in [-0.25, -0.2) is 13.8 Å². The molecule has 3 nitrogen and oxygen atoms in total. The van der Waals surface area contributed by atoms with Crippen LogP contribution in [0.2, 0.25) is 0 Å². The monoisotopic (exact) mass is 270 g/mol. The van der Waals surface area contributed by atoms with Crippen LogP contribution in [0.1, 0.15) is 16.3 Å². The number of aromatic nitrogens is 1. The molecule has 0 spiro atoms. The summed E-state index contributed by atoms with van der Waals surface area (Å²) in [5.74, 6) is -2.83. The Morgan fingerprint density at radius 1 is 1.28 bits per heavy atom. The van der Waals surface area contributed by atoms with Gasteiger partial charge in [-0.15, -0.1) is 11.3 Å². The van der Waals surface area contributed by atoms with Crippen LogP contribution in [-0.2, 0) is 13.1 Å². The van der Waals surface area contributed by atoms with E-state index in [-0.39, 0.29) is 0 Å². The number of phenols is 1. The first-order valence-electron chi connectivity index (χ1n) is 5.35. The van der Waals surface area contributed by atoms with Gasteiger partial charge in [0.2, 0.25) is 0 Å². The molecule has 0 atom stereocenters. The SMILES string of the molecule is Cc1csc(CNCc2cc(F)c(O)c(F)c2)n1. The van der Waals surface area contributed by atoms with Gasteiger partial charge in [-0.05, 0) is 24.6 Å². The summed E-state index contributed by atoms with van der Waals surface area (Å²) >= 11 is 1.53. The Morgan fingerprint density at radius 3 is 2.50 bits per heavy atom. The summed E-state index contributed by atoms with van der Waals surface area (Å²) in [5.41, 5.74) is 1.40. The van der Waals surface area contributed by atoms with Crippen LogP contribution in [0, 0.1) is 18.6 Å². The lowest BCUT2D eigenvalue weighted by Crippen LogP contribution is -2.13. The molecule has 6 heteroatoms. The Balaban J connectivity index is 1.94. The van der Waals surface area contributed by atoms with Crippen molar-refractivity contribution in [2.45, 2.75) is 20.0 Å². The predicted molar refractivity (Wildman–Crippen MR) is 65.4 cm³/mol. The molecule has 0 aliphatic carbocycles. The summed E-state index contributed by atoms with van der Waals surface area (Å²) in [6, 6.07) is 2.22. The quantitative estimate of drug-likeness (QED) is 0.898. The van der Waals surface area contributed by atoms with Crippen molar-refractivity contribution in [3.05, 3.63) is 45.4 Å². The molecule has 1 aromatic heterocycles. The number of rotatable bonds is 4. The van der Waals surface area contributed by atoms with Crippen LogP contribution in [0.25, 0.3) is 0 Å². The van der Waals surface area contributed by atoms with Crippen molar-refractivity contribution >= 4 is 11.3 Å². The highest BCUT2D eigenvalue weighted by molar-refractivity contribution is 7.09. The summed E-state index contributed by atoms with van der Waals surface area (Å²) in [7, 11) is 0. The Bertz CT molecular complexity index is 534. The molecule has 0 saturated heterocycles. The highest BCUT2D eigenvalue weighted by Crippen LogP contribution is 2.21. The lowest BCUT2D eigenvalue weighted by Gasteiger charge is -2.05. The molecular formula is C12H12F2N2OS. The van der Waals surface area contributed by atoms with Crippen LogP contribution in [0.4, 0.5) is 8.78 Å². The van der Waals surface area contributed by atoms with Crippen molar-refractivity contribution in [3.63, 3.8) is 0 Å². The number of thiazole rings is 1. The van der Waals surface area contributed by atoms with Gasteiger partial charge in [0.25, 0.3) is 0 Å². The zero-order chi connectivity index (χ0) is 13.1. The molecule has 0 amide bonds. The van der Waals surface area contributed by atoms with Crippen LogP contribution in [-0.4, -0.2) is 10.1 Å². The number of hydrogen-bond donors (Lipinski definition) is 2. The van der Waals surface area contributed by atoms with Gasteiger partial charge in [0.05, 0.1) is 0 Å². The third kappa shape index (κ3) is 3.02. The molecule has 0 aliphatic heterocycles. The van der Waals surface area contributed by atoms with Gasteiger partial charge in [-0.3, -0.25) is 0 Å². The minimum Gasteiger partial charge on any atom is -0.503 e. The van der Waals surface area contributed by atoms with Crippen molar-refractivity contribution in [2.24, 2.45) is 0 Å². The number of benzene rings is 1. The molecule has 0 fully saturated rings. The van der Waals surface area contributed by atoms with Gasteiger partial charge in [0.1, 0.15) is 5.01 Å². The lowest BCUT2D eigenvalue weighted by molar-refractivity contribution is 0.395. The molecule has 1 aromatic carbocycles. The van der Waals surface area contributed by atoms with Gasteiger partial charge in [-0.1, -0.05) is 0 Å². The zero-order valence-corrected chi connectivity index (χ0v) is 10.5. The molecule has 1 heterocycles. The number of nitrogens with zero attached hydrogens (tertiary/aromatic N) is 1. The molecule has 2 aromatic rings. The highest BCUT2D eigenvalue weighted by Gasteiger charge is 2.09. The van der Waals surface area contributed by atoms with E-state index in [1.807, 2.05) is 12.3 Å². The zero-order valence-electron chi connectivity index (χ0n) is 9.70. The fourth-order valence-corrected chi connectivity index (χ4v) is 2.26. The molecule has 0 aliphatic rings. The van der Waals surface area contributed by atoms with Gasteiger partial charge >= 0.3 is 0 Å². The number of nitrogens with one attached hydrogen (secondary N) is 1. The normalized spacial score (nSPS) is 10.8. The van der Waals surface area contributed by atoms with Crippen molar-refractivity contribution in [3.8, 4) is 5.75 Å². The number of aryl methyl sites for hydroxylation is 1. The number of hydrogen-bond acceptors (Lipinski definition) is 4. The summed E-state index contributed by atoms with van der Waals surface area (Å²) in [6.45, 7) is 2.76. The third-order valence-electron chi connectivity index (χ3n) is 2.35. The van der Waals surface area contributed by atoms with E-state index >= 15 is 0 Å². The van der Waals surface area contributed by atoms with Crippen molar-refractivity contribution < 1.29 is 13.9 Å². The first-order chi connectivity index (χ1) is 8.56. The Kier molecular flexibility index (Phi) is 3.88. The number of halogens is 2. The molecule has 2 N–H and O–H groups in total. The van der Waals surface area contributed by atoms with Gasteiger partial charge in [0.15, 0.2) is 17.4 Å². The minimum atomic E-state index is -0.947. The first kappa shape index (κ1) is 12.9. The maximum atomic E-state index is 13.1. The molecule has 0 bridgehead atoms. The van der Waals surface area contributed by atoms with Crippen molar-refractivity contribution in [1.29, 1.82) is 0 Å². The van der Waals surface area contributed by atoms with Crippen molar-refractivity contribution in [1.82, 2.24) is 10.3 Å². The topological polar surface area (TPSA) is 45.1 Å². The second kappa shape index (κ2) is 5.41. The van der Waals surface area contributed by atoms with E-state index in [1.165, 1.54) is 11.3 Å². The van der Waals surface area contributed by atoms with Crippen LogP contribution in [0.15, 0.2) is 17.5 Å². The molecular weight excluding hydrogens is 258 g/mol. The molecule has 0 unspecified atom stereocenters. The molecule has 96 valence electrons. The van der Waals surface area contributed by atoms with Crippen LogP contribution < -0.4 is 5.32 Å². The Labute approximate surface area is 107 Å². The van der Waals surface area contributed by atoms with Crippen LogP contribution >= 0.6 is 11.3 Å². The van der Waals surface area contributed by atoms with E-state index in [9.17, 15) is 8.78 Å². The number of aromatic hydroxyl groups is 1. The predicted octanol–water partition coefficient (Wildman–Crippen LogP) is 2.73. The lowest BCUT2D eigenvalue weighted by atomic mass is 10.2. The molecule has 0 radical (unpaired) electrons. The van der Waals surface area contributed by atoms with E-state index < -0.39 is 17.4 Å². The average Bonchev–Trinajstić information content (AvgIpc) is 2.72. The van der Waals surface area contributed by atoms with E-state index in [4.69, 9.17) is 5.11 Å². The fraction of sp³-hybridized carbons (Fsp3) is 0.250. The summed E-state index contributed by atoms with van der Waals surface area (Å²) in [4.78, 5) is 4.26. The van der Waals surface area contributed by atoms with E-state index in [2.05, 4.69) is 10.3 Å². The molecule has 2 rings (SSSR count). The molecule has 0 saturated carbocycles. The smallest absolute Gasteiger partial charge is 0.187 e. The highest BCUT2D eigenvalue weighted by atomic mass is 32.1. The van der Waals surface area contributed by atoms with E-state index in [1.54, 1.807) is 0 Å². The van der Waals surface area contributed by atoms with Gasteiger partial charge in [0, 0.05) is 24.2 Å². The maximum Gasteiger partial charge on any atom is 0.187 e. The maximum absolute atomic E-state index is 13.1. The van der Waals surface area contributed by atoms with Crippen LogP contribution in [0.3, 0.4) is 0 Å². The second-order valence-corrected chi connectivity index (χ2v) is 4.84. The first-order valence-corrected chi connectivity index (χ1v) is 6.23. The van der Waals surface area contributed by atoms with Crippen LogP contribution in [0.5, 0.6) is 5.75 Å². The van der Waals surface area contributed by atoms with Crippen molar-refractivity contribution in [2.75, 3.05) is 0 Å². The van der Waals surface area contributed by atoms with E-state index in [0.717, 1.165) is 22.8 Å². The summed E-state index contributed by atoms with van der Waals surface area (Å²) < 4.78 is 26.1. The minimum absolute atomic E-state index is 0.312. The van der Waals surface area contributed by atoms with Gasteiger partial charge in [-0.2, -0.15) is 0 Å². The average molecular weight is 270 g/mol. The Hall–Kier alpha value is -1.53. The standard InChI is InChI=1S/C12H12F2N2OS/c1-7-6-18-11(16-7)5-15-4-8-2-9(13)12(17)10(14)3-8/h2-3,6,15,17H,4-5H2,1H3. The fourth-order valence-electron chi connectivity index (χ4n) is 1.52. The number of phenolic OH excluding ortho intramolecular Hbond substituents is 1. The summed E-state index contributed by atoms with van der Waals surface area (Å²) in [6.07, 6.45) is 0. The third-order valence-corrected chi connectivity index (χ3v) is 3.32.